The molecule has 0 spiro atoms. The van der Waals surface area contributed by atoms with Crippen molar-refractivity contribution in [3.05, 3.63) is 78.4 Å². The first kappa shape index (κ1) is 27.4. The predicted octanol–water partition coefficient (Wildman–Crippen LogP) is 4.19. The number of imidazole rings is 1. The monoisotopic (exact) mass is 574 g/mol. The Kier molecular flexibility index (Phi) is 10.6. The third kappa shape index (κ3) is 8.81. The Hall–Kier alpha value is -2.88. The average Bonchev–Trinajstić information content (AvgIpc) is 3.28. The molecule has 0 fully saturated rings. The molecule has 0 aliphatic carbocycles. The highest BCUT2D eigenvalue weighted by Gasteiger charge is 2.13. The molecule has 7 nitrogen and oxygen atoms in total. The number of hydrogen-bond acceptors (Lipinski definition) is 3. The van der Waals surface area contributed by atoms with E-state index in [0.29, 0.717) is 19.0 Å². The molecule has 0 bridgehead atoms. The van der Waals surface area contributed by atoms with Gasteiger partial charge in [0.1, 0.15) is 0 Å². The van der Waals surface area contributed by atoms with Crippen LogP contribution in [-0.2, 0) is 17.9 Å². The van der Waals surface area contributed by atoms with Gasteiger partial charge in [-0.25, -0.2) is 9.98 Å². The summed E-state index contributed by atoms with van der Waals surface area (Å²) < 4.78 is 2.05. The van der Waals surface area contributed by atoms with E-state index < -0.39 is 0 Å². The van der Waals surface area contributed by atoms with Crippen LogP contribution in [0.25, 0.3) is 11.1 Å². The first-order valence-electron chi connectivity index (χ1n) is 11.3. The van der Waals surface area contributed by atoms with E-state index in [0.717, 1.165) is 23.2 Å². The van der Waals surface area contributed by atoms with Crippen molar-refractivity contribution in [2.45, 2.75) is 46.3 Å². The fraction of sp³-hybridized carbons (Fsp3) is 0.346. The van der Waals surface area contributed by atoms with Crippen molar-refractivity contribution in [2.24, 2.45) is 4.99 Å². The summed E-state index contributed by atoms with van der Waals surface area (Å²) in [5, 5.41) is 9.28. The van der Waals surface area contributed by atoms with Crippen molar-refractivity contribution >= 4 is 35.8 Å². The van der Waals surface area contributed by atoms with Gasteiger partial charge >= 0.3 is 0 Å². The zero-order valence-corrected chi connectivity index (χ0v) is 22.7. The first-order valence-corrected chi connectivity index (χ1v) is 11.3. The van der Waals surface area contributed by atoms with Crippen molar-refractivity contribution < 1.29 is 4.79 Å². The normalized spacial score (nSPS) is 11.5. The quantitative estimate of drug-likeness (QED) is 0.214. The van der Waals surface area contributed by atoms with E-state index >= 15 is 0 Å². The van der Waals surface area contributed by atoms with Crippen molar-refractivity contribution in [1.29, 1.82) is 0 Å². The van der Waals surface area contributed by atoms with Gasteiger partial charge in [0.2, 0.25) is 5.91 Å². The molecule has 1 amide bonds. The fourth-order valence-corrected chi connectivity index (χ4v) is 3.45. The molecular weight excluding hydrogens is 539 g/mol. The average molecular weight is 575 g/mol. The summed E-state index contributed by atoms with van der Waals surface area (Å²) in [6, 6.07) is 16.9. The molecule has 2 aromatic carbocycles. The molecule has 3 rings (SSSR count). The molecule has 0 aliphatic heterocycles. The number of carbonyl (C=O) groups excluding carboxylic acids is 1. The predicted molar refractivity (Wildman–Crippen MR) is 149 cm³/mol. The molecule has 1 aromatic heterocycles. The number of carbonyl (C=O) groups is 1. The molecular formula is C26H35IN6O. The summed E-state index contributed by atoms with van der Waals surface area (Å²) in [5.41, 5.74) is 4.38. The summed E-state index contributed by atoms with van der Waals surface area (Å²) >= 11 is 0. The topological polar surface area (TPSA) is 83.3 Å². The van der Waals surface area contributed by atoms with Crippen LogP contribution >= 0.6 is 24.0 Å². The number of aliphatic imine (C=N–C) groups is 1. The number of hydrogen-bond donors (Lipinski definition) is 3. The SMILES string of the molecule is CCNC(=NCc1ccccc1-c1ccc(Cn2ccnc2)cc1)NCC(=O)NC(C)(C)C.I. The van der Waals surface area contributed by atoms with Crippen LogP contribution in [0.1, 0.15) is 38.8 Å². The van der Waals surface area contributed by atoms with Crippen LogP contribution in [0.4, 0.5) is 0 Å². The van der Waals surface area contributed by atoms with Gasteiger partial charge in [-0.05, 0) is 49.9 Å². The van der Waals surface area contributed by atoms with Crippen molar-refractivity contribution in [3.63, 3.8) is 0 Å². The highest BCUT2D eigenvalue weighted by molar-refractivity contribution is 14.0. The zero-order valence-electron chi connectivity index (χ0n) is 20.3. The minimum atomic E-state index is -0.262. The Morgan fingerprint density at radius 3 is 2.44 bits per heavy atom. The van der Waals surface area contributed by atoms with E-state index in [1.165, 1.54) is 5.56 Å². The Bertz CT molecular complexity index is 1060. The highest BCUT2D eigenvalue weighted by atomic mass is 127. The van der Waals surface area contributed by atoms with E-state index in [1.807, 2.05) is 52.4 Å². The van der Waals surface area contributed by atoms with Crippen molar-refractivity contribution in [2.75, 3.05) is 13.1 Å². The van der Waals surface area contributed by atoms with Crippen LogP contribution in [0.3, 0.4) is 0 Å². The third-order valence-corrected chi connectivity index (χ3v) is 4.89. The highest BCUT2D eigenvalue weighted by Crippen LogP contribution is 2.25. The first-order chi connectivity index (χ1) is 15.8. The smallest absolute Gasteiger partial charge is 0.239 e. The lowest BCUT2D eigenvalue weighted by Crippen LogP contribution is -2.48. The number of nitrogens with one attached hydrogen (secondary N) is 3. The molecule has 182 valence electrons. The molecule has 0 saturated heterocycles. The maximum Gasteiger partial charge on any atom is 0.239 e. The third-order valence-electron chi connectivity index (χ3n) is 4.89. The lowest BCUT2D eigenvalue weighted by molar-refractivity contribution is -0.121. The van der Waals surface area contributed by atoms with E-state index in [2.05, 4.69) is 61.9 Å². The van der Waals surface area contributed by atoms with E-state index in [1.54, 1.807) is 6.20 Å². The summed E-state index contributed by atoms with van der Waals surface area (Å²) in [5.74, 6) is 0.552. The van der Waals surface area contributed by atoms with Gasteiger partial charge in [0, 0.05) is 31.0 Å². The van der Waals surface area contributed by atoms with Crippen molar-refractivity contribution in [3.8, 4) is 11.1 Å². The lowest BCUT2D eigenvalue weighted by Gasteiger charge is -2.21. The van der Waals surface area contributed by atoms with Crippen molar-refractivity contribution in [1.82, 2.24) is 25.5 Å². The standard InChI is InChI=1S/C26H34N6O.HI/c1-5-28-25(30-17-24(33)31-26(2,3)4)29-16-22-8-6-7-9-23(22)21-12-10-20(11-13-21)18-32-15-14-27-19-32;/h6-15,19H,5,16-18H2,1-4H3,(H,31,33)(H2,28,29,30);1H. The van der Waals surface area contributed by atoms with Gasteiger partial charge in [0.15, 0.2) is 5.96 Å². The molecule has 0 radical (unpaired) electrons. The number of nitrogens with zero attached hydrogens (tertiary/aromatic N) is 3. The molecule has 8 heteroatoms. The van der Waals surface area contributed by atoms with Crippen LogP contribution in [0.5, 0.6) is 0 Å². The van der Waals surface area contributed by atoms with Crippen LogP contribution in [0, 0.1) is 0 Å². The van der Waals surface area contributed by atoms with Gasteiger partial charge in [0.25, 0.3) is 0 Å². The zero-order chi connectivity index (χ0) is 23.7. The van der Waals surface area contributed by atoms with Crippen LogP contribution in [0.15, 0.2) is 72.2 Å². The van der Waals surface area contributed by atoms with Gasteiger partial charge in [-0.15, -0.1) is 24.0 Å². The second kappa shape index (κ2) is 13.1. The lowest BCUT2D eigenvalue weighted by atomic mass is 9.98. The molecule has 34 heavy (non-hydrogen) atoms. The Morgan fingerprint density at radius 2 is 1.79 bits per heavy atom. The van der Waals surface area contributed by atoms with E-state index in [4.69, 9.17) is 4.99 Å². The van der Waals surface area contributed by atoms with Crippen LogP contribution in [-0.4, -0.2) is 40.0 Å². The number of benzene rings is 2. The largest absolute Gasteiger partial charge is 0.357 e. The second-order valence-corrected chi connectivity index (χ2v) is 8.94. The molecule has 0 aliphatic rings. The maximum absolute atomic E-state index is 12.1. The Morgan fingerprint density at radius 1 is 1.06 bits per heavy atom. The number of guanidine groups is 1. The number of rotatable bonds is 8. The van der Waals surface area contributed by atoms with Gasteiger partial charge in [0.05, 0.1) is 19.4 Å². The summed E-state index contributed by atoms with van der Waals surface area (Å²) in [6.07, 6.45) is 5.58. The number of aromatic nitrogens is 2. The van der Waals surface area contributed by atoms with Gasteiger partial charge in [-0.3, -0.25) is 4.79 Å². The molecule has 0 saturated carbocycles. The molecule has 3 N–H and O–H groups in total. The second-order valence-electron chi connectivity index (χ2n) is 8.94. The van der Waals surface area contributed by atoms with Gasteiger partial charge in [-0.2, -0.15) is 0 Å². The molecule has 1 heterocycles. The van der Waals surface area contributed by atoms with Crippen LogP contribution in [0.2, 0.25) is 0 Å². The van der Waals surface area contributed by atoms with E-state index in [9.17, 15) is 4.79 Å². The number of halogens is 1. The minimum absolute atomic E-state index is 0. The van der Waals surface area contributed by atoms with Gasteiger partial charge in [-0.1, -0.05) is 48.5 Å². The van der Waals surface area contributed by atoms with Gasteiger partial charge < -0.3 is 20.5 Å². The molecule has 0 atom stereocenters. The summed E-state index contributed by atoms with van der Waals surface area (Å²) in [6.45, 7) is 10.1. The summed E-state index contributed by atoms with van der Waals surface area (Å²) in [7, 11) is 0. The Balaban J connectivity index is 0.00000408. The number of amides is 1. The molecule has 3 aromatic rings. The Labute approximate surface area is 219 Å². The van der Waals surface area contributed by atoms with E-state index in [-0.39, 0.29) is 42.0 Å². The summed E-state index contributed by atoms with van der Waals surface area (Å²) in [4.78, 5) is 21.0. The fourth-order valence-electron chi connectivity index (χ4n) is 3.45. The molecule has 0 unspecified atom stereocenters. The maximum atomic E-state index is 12.1. The van der Waals surface area contributed by atoms with Crippen LogP contribution < -0.4 is 16.0 Å². The minimum Gasteiger partial charge on any atom is -0.357 e.